The van der Waals surface area contributed by atoms with E-state index in [9.17, 15) is 14.4 Å². The van der Waals surface area contributed by atoms with Gasteiger partial charge in [-0.25, -0.2) is 4.79 Å². The molecule has 6 nitrogen and oxygen atoms in total. The number of Topliss-reactive ketones (excluding diaryl/α,β-unsaturated/α-hetero) is 1. The van der Waals surface area contributed by atoms with E-state index in [1.807, 2.05) is 0 Å². The normalized spacial score (nSPS) is 19.8. The Labute approximate surface area is 99.5 Å². The van der Waals surface area contributed by atoms with Crippen LogP contribution < -0.4 is 0 Å². The molecule has 1 atom stereocenters. The van der Waals surface area contributed by atoms with Gasteiger partial charge in [0, 0.05) is 19.0 Å². The number of hydrogen-bond donors (Lipinski definition) is 1. The lowest BCUT2D eigenvalue weighted by Crippen LogP contribution is -2.42. The Kier molecular flexibility index (Phi) is 4.93. The molecule has 1 fully saturated rings. The molecule has 1 aliphatic rings. The van der Waals surface area contributed by atoms with Crippen molar-refractivity contribution in [3.63, 3.8) is 0 Å². The van der Waals surface area contributed by atoms with Crippen LogP contribution in [0.2, 0.25) is 0 Å². The molecule has 1 rings (SSSR count). The summed E-state index contributed by atoms with van der Waals surface area (Å²) in [4.78, 5) is 34.9. The average molecular weight is 243 g/mol. The summed E-state index contributed by atoms with van der Waals surface area (Å²) in [7, 11) is 0. The highest BCUT2D eigenvalue weighted by Crippen LogP contribution is 2.18. The number of carbonyl (C=O) groups is 3. The smallest absolute Gasteiger partial charge is 0.407 e. The van der Waals surface area contributed by atoms with Crippen molar-refractivity contribution >= 4 is 17.8 Å². The van der Waals surface area contributed by atoms with Crippen LogP contribution in [0.3, 0.4) is 0 Å². The molecular formula is C11H17NO5. The predicted molar refractivity (Wildman–Crippen MR) is 58.6 cm³/mol. The molecule has 0 bridgehead atoms. The molecule has 96 valence electrons. The summed E-state index contributed by atoms with van der Waals surface area (Å²) < 4.78 is 4.69. The van der Waals surface area contributed by atoms with E-state index in [0.29, 0.717) is 19.4 Å². The second kappa shape index (κ2) is 6.22. The fraction of sp³-hybridized carbons (Fsp3) is 0.727. The number of piperidine rings is 1. The highest BCUT2D eigenvalue weighted by molar-refractivity contribution is 5.97. The monoisotopic (exact) mass is 243 g/mol. The molecule has 1 saturated heterocycles. The van der Waals surface area contributed by atoms with E-state index >= 15 is 0 Å². The van der Waals surface area contributed by atoms with Gasteiger partial charge in [-0.3, -0.25) is 9.59 Å². The molecule has 1 heterocycles. The van der Waals surface area contributed by atoms with Gasteiger partial charge in [-0.05, 0) is 19.8 Å². The Bertz CT molecular complexity index is 315. The molecular weight excluding hydrogens is 226 g/mol. The van der Waals surface area contributed by atoms with E-state index in [-0.39, 0.29) is 31.3 Å². The maximum Gasteiger partial charge on any atom is 0.407 e. The van der Waals surface area contributed by atoms with Crippen LogP contribution in [-0.4, -0.2) is 47.5 Å². The van der Waals surface area contributed by atoms with Crippen molar-refractivity contribution in [1.82, 2.24) is 4.90 Å². The first-order chi connectivity index (χ1) is 8.04. The van der Waals surface area contributed by atoms with Crippen molar-refractivity contribution in [1.29, 1.82) is 0 Å². The van der Waals surface area contributed by atoms with Gasteiger partial charge >= 0.3 is 12.1 Å². The lowest BCUT2D eigenvalue weighted by atomic mass is 9.92. The Morgan fingerprint density at radius 1 is 1.41 bits per heavy atom. The SMILES string of the molecule is CCOC(=O)CC(=O)C1CCCN(C(=O)O)C1. The number of likely N-dealkylation sites (tertiary alicyclic amines) is 1. The molecule has 0 aliphatic carbocycles. The lowest BCUT2D eigenvalue weighted by molar-refractivity contribution is -0.146. The van der Waals surface area contributed by atoms with Crippen LogP contribution in [0.1, 0.15) is 26.2 Å². The molecule has 1 N–H and O–H groups in total. The minimum atomic E-state index is -1.02. The largest absolute Gasteiger partial charge is 0.466 e. The van der Waals surface area contributed by atoms with E-state index < -0.39 is 12.1 Å². The standard InChI is InChI=1S/C11H17NO5/c1-2-17-10(14)6-9(13)8-4-3-5-12(7-8)11(15)16/h8H,2-7H2,1H3,(H,15,16). The quantitative estimate of drug-likeness (QED) is 0.585. The summed E-state index contributed by atoms with van der Waals surface area (Å²) in [6, 6.07) is 0. The number of hydrogen-bond acceptors (Lipinski definition) is 4. The van der Waals surface area contributed by atoms with Gasteiger partial charge in [0.15, 0.2) is 0 Å². The van der Waals surface area contributed by atoms with Gasteiger partial charge in [-0.15, -0.1) is 0 Å². The van der Waals surface area contributed by atoms with E-state index in [2.05, 4.69) is 4.74 Å². The Hall–Kier alpha value is -1.59. The number of esters is 1. The van der Waals surface area contributed by atoms with E-state index in [4.69, 9.17) is 5.11 Å². The molecule has 6 heteroatoms. The van der Waals surface area contributed by atoms with Crippen molar-refractivity contribution in [2.24, 2.45) is 5.92 Å². The Morgan fingerprint density at radius 2 is 2.12 bits per heavy atom. The van der Waals surface area contributed by atoms with Crippen molar-refractivity contribution in [2.75, 3.05) is 19.7 Å². The molecule has 0 radical (unpaired) electrons. The summed E-state index contributed by atoms with van der Waals surface area (Å²) in [5, 5.41) is 8.83. The summed E-state index contributed by atoms with van der Waals surface area (Å²) in [6.45, 7) is 2.57. The van der Waals surface area contributed by atoms with Gasteiger partial charge in [0.1, 0.15) is 12.2 Å². The molecule has 1 unspecified atom stereocenters. The first-order valence-electron chi connectivity index (χ1n) is 5.70. The zero-order chi connectivity index (χ0) is 12.8. The van der Waals surface area contributed by atoms with Crippen LogP contribution >= 0.6 is 0 Å². The predicted octanol–water partition coefficient (Wildman–Crippen LogP) is 0.899. The van der Waals surface area contributed by atoms with Crippen molar-refractivity contribution in [3.8, 4) is 0 Å². The molecule has 17 heavy (non-hydrogen) atoms. The van der Waals surface area contributed by atoms with Crippen molar-refractivity contribution in [3.05, 3.63) is 0 Å². The maximum atomic E-state index is 11.7. The minimum absolute atomic E-state index is 0.188. The van der Waals surface area contributed by atoms with Crippen molar-refractivity contribution < 1.29 is 24.2 Å². The number of ketones is 1. The molecule has 0 aromatic rings. The average Bonchev–Trinajstić information content (AvgIpc) is 2.29. The first kappa shape index (κ1) is 13.5. The second-order valence-electron chi connectivity index (χ2n) is 4.02. The van der Waals surface area contributed by atoms with Crippen LogP contribution in [0.15, 0.2) is 0 Å². The highest BCUT2D eigenvalue weighted by Gasteiger charge is 2.29. The number of carbonyl (C=O) groups excluding carboxylic acids is 2. The van der Waals surface area contributed by atoms with Crippen molar-refractivity contribution in [2.45, 2.75) is 26.2 Å². The molecule has 1 amide bonds. The summed E-state index contributed by atoms with van der Waals surface area (Å²) in [6.07, 6.45) is 0.0260. The van der Waals surface area contributed by atoms with Crippen LogP contribution in [0, 0.1) is 5.92 Å². The van der Waals surface area contributed by atoms with Crippen LogP contribution in [0.25, 0.3) is 0 Å². The number of rotatable bonds is 4. The highest BCUT2D eigenvalue weighted by atomic mass is 16.5. The third-order valence-electron chi connectivity index (χ3n) is 2.77. The van der Waals surface area contributed by atoms with Gasteiger partial charge < -0.3 is 14.7 Å². The number of ether oxygens (including phenoxy) is 1. The molecule has 0 aromatic heterocycles. The Balaban J connectivity index is 2.46. The van der Waals surface area contributed by atoms with E-state index in [1.165, 1.54) is 4.90 Å². The van der Waals surface area contributed by atoms with E-state index in [1.54, 1.807) is 6.92 Å². The van der Waals surface area contributed by atoms with Crippen LogP contribution in [0.4, 0.5) is 4.79 Å². The minimum Gasteiger partial charge on any atom is -0.466 e. The fourth-order valence-corrected chi connectivity index (χ4v) is 1.91. The third kappa shape index (κ3) is 4.05. The molecule has 0 saturated carbocycles. The summed E-state index contributed by atoms with van der Waals surface area (Å²) >= 11 is 0. The number of carboxylic acid groups (broad SMARTS) is 1. The Morgan fingerprint density at radius 3 is 2.71 bits per heavy atom. The van der Waals surface area contributed by atoms with Crippen LogP contribution in [-0.2, 0) is 14.3 Å². The molecule has 1 aliphatic heterocycles. The maximum absolute atomic E-state index is 11.7. The second-order valence-corrected chi connectivity index (χ2v) is 4.02. The molecule has 0 aromatic carbocycles. The lowest BCUT2D eigenvalue weighted by Gasteiger charge is -2.29. The van der Waals surface area contributed by atoms with Crippen LogP contribution in [0.5, 0.6) is 0 Å². The van der Waals surface area contributed by atoms with Gasteiger partial charge in [0.2, 0.25) is 0 Å². The third-order valence-corrected chi connectivity index (χ3v) is 2.77. The summed E-state index contributed by atoms with van der Waals surface area (Å²) in [5.74, 6) is -1.14. The van der Waals surface area contributed by atoms with Gasteiger partial charge in [0.05, 0.1) is 6.61 Å². The summed E-state index contributed by atoms with van der Waals surface area (Å²) in [5.41, 5.74) is 0. The van der Waals surface area contributed by atoms with Gasteiger partial charge in [-0.2, -0.15) is 0 Å². The molecule has 0 spiro atoms. The topological polar surface area (TPSA) is 83.9 Å². The first-order valence-corrected chi connectivity index (χ1v) is 5.70. The van der Waals surface area contributed by atoms with Gasteiger partial charge in [0.25, 0.3) is 0 Å². The zero-order valence-electron chi connectivity index (χ0n) is 9.85. The fourth-order valence-electron chi connectivity index (χ4n) is 1.91. The zero-order valence-corrected chi connectivity index (χ0v) is 9.85. The number of nitrogens with zero attached hydrogens (tertiary/aromatic N) is 1. The van der Waals surface area contributed by atoms with E-state index in [0.717, 1.165) is 0 Å². The van der Waals surface area contributed by atoms with Gasteiger partial charge in [-0.1, -0.05) is 0 Å². The number of amides is 1.